The van der Waals surface area contributed by atoms with Crippen molar-refractivity contribution in [2.75, 3.05) is 0 Å². The molecule has 0 radical (unpaired) electrons. The van der Waals surface area contributed by atoms with Crippen LogP contribution in [0.1, 0.15) is 36.2 Å². The standard InChI is InChI=1S/C22H21ClN4O3/c1-4-9-27-14(2)10-17(15(27)3)11-18(12-24)22(28)29-13-20-25-26-21(30-20)16-5-7-19(23)8-6-16/h5-8,10-11H,4,9,13H2,1-3H3/b18-11+. The smallest absolute Gasteiger partial charge is 0.349 e. The third kappa shape index (κ3) is 4.78. The maximum atomic E-state index is 12.4. The number of nitriles is 1. The number of hydrogen-bond acceptors (Lipinski definition) is 6. The Hall–Kier alpha value is -3.37. The highest BCUT2D eigenvalue weighted by molar-refractivity contribution is 6.30. The molecule has 0 bridgehead atoms. The minimum Gasteiger partial charge on any atom is -0.451 e. The van der Waals surface area contributed by atoms with E-state index in [-0.39, 0.29) is 24.0 Å². The van der Waals surface area contributed by atoms with Crippen LogP contribution in [0.15, 0.2) is 40.3 Å². The number of nitrogens with zero attached hydrogens (tertiary/aromatic N) is 4. The van der Waals surface area contributed by atoms with E-state index in [1.54, 1.807) is 30.3 Å². The van der Waals surface area contributed by atoms with Crippen molar-refractivity contribution < 1.29 is 13.9 Å². The highest BCUT2D eigenvalue weighted by Crippen LogP contribution is 2.21. The number of aromatic nitrogens is 3. The van der Waals surface area contributed by atoms with Crippen LogP contribution >= 0.6 is 11.6 Å². The largest absolute Gasteiger partial charge is 0.451 e. The first kappa shape index (κ1) is 21.3. The van der Waals surface area contributed by atoms with Gasteiger partial charge >= 0.3 is 5.97 Å². The maximum Gasteiger partial charge on any atom is 0.349 e. The molecule has 0 spiro atoms. The molecule has 1 aromatic carbocycles. The second kappa shape index (κ2) is 9.42. The summed E-state index contributed by atoms with van der Waals surface area (Å²) in [5.41, 5.74) is 3.50. The molecule has 0 atom stereocenters. The molecule has 0 saturated heterocycles. The molecule has 0 aliphatic heterocycles. The number of benzene rings is 1. The summed E-state index contributed by atoms with van der Waals surface area (Å²) >= 11 is 5.87. The van der Waals surface area contributed by atoms with Crippen LogP contribution in [0.4, 0.5) is 0 Å². The van der Waals surface area contributed by atoms with Crippen LogP contribution in [0.3, 0.4) is 0 Å². The molecule has 2 heterocycles. The number of rotatable bonds is 7. The third-order valence-corrected chi connectivity index (χ3v) is 4.84. The van der Waals surface area contributed by atoms with Crippen molar-refractivity contribution in [3.05, 3.63) is 63.8 Å². The highest BCUT2D eigenvalue weighted by Gasteiger charge is 2.16. The lowest BCUT2D eigenvalue weighted by Crippen LogP contribution is -2.07. The molecule has 0 aliphatic rings. The van der Waals surface area contributed by atoms with E-state index in [1.165, 1.54) is 0 Å². The van der Waals surface area contributed by atoms with Gasteiger partial charge in [0.1, 0.15) is 11.6 Å². The molecule has 0 unspecified atom stereocenters. The number of carbonyl (C=O) groups is 1. The Morgan fingerprint density at radius 1 is 1.30 bits per heavy atom. The average molecular weight is 425 g/mol. The molecule has 0 saturated carbocycles. The second-order valence-electron chi connectivity index (χ2n) is 6.73. The van der Waals surface area contributed by atoms with Crippen molar-refractivity contribution in [3.63, 3.8) is 0 Å². The number of ether oxygens (including phenoxy) is 1. The van der Waals surface area contributed by atoms with E-state index in [9.17, 15) is 10.1 Å². The van der Waals surface area contributed by atoms with Crippen LogP contribution in [0.5, 0.6) is 0 Å². The van der Waals surface area contributed by atoms with Gasteiger partial charge < -0.3 is 13.7 Å². The number of aryl methyl sites for hydroxylation is 1. The predicted octanol–water partition coefficient (Wildman–Crippen LogP) is 4.87. The molecule has 154 valence electrons. The number of esters is 1. The molecule has 0 aliphatic carbocycles. The fraction of sp³-hybridized carbons (Fsp3) is 0.273. The van der Waals surface area contributed by atoms with E-state index in [0.717, 1.165) is 29.9 Å². The van der Waals surface area contributed by atoms with Gasteiger partial charge in [0.15, 0.2) is 6.61 Å². The van der Waals surface area contributed by atoms with Crippen molar-refractivity contribution in [3.8, 4) is 17.5 Å². The van der Waals surface area contributed by atoms with Crippen molar-refractivity contribution >= 4 is 23.6 Å². The first-order valence-corrected chi connectivity index (χ1v) is 9.84. The summed E-state index contributed by atoms with van der Waals surface area (Å²) in [6, 6.07) is 10.8. The van der Waals surface area contributed by atoms with Gasteiger partial charge in [0, 0.05) is 28.5 Å². The lowest BCUT2D eigenvalue weighted by atomic mass is 10.1. The van der Waals surface area contributed by atoms with Crippen molar-refractivity contribution in [2.45, 2.75) is 40.3 Å². The van der Waals surface area contributed by atoms with Gasteiger partial charge in [-0.1, -0.05) is 18.5 Å². The van der Waals surface area contributed by atoms with Gasteiger partial charge in [-0.2, -0.15) is 5.26 Å². The molecule has 0 N–H and O–H groups in total. The maximum absolute atomic E-state index is 12.4. The van der Waals surface area contributed by atoms with Crippen LogP contribution in [0.25, 0.3) is 17.5 Å². The number of hydrogen-bond donors (Lipinski definition) is 0. The van der Waals surface area contributed by atoms with Gasteiger partial charge in [-0.05, 0) is 62.2 Å². The SMILES string of the molecule is CCCn1c(C)cc(/C=C(\C#N)C(=O)OCc2nnc(-c3ccc(Cl)cc3)o2)c1C. The normalized spacial score (nSPS) is 11.4. The third-order valence-electron chi connectivity index (χ3n) is 4.58. The lowest BCUT2D eigenvalue weighted by Gasteiger charge is -2.07. The van der Waals surface area contributed by atoms with Crippen LogP contribution in [0, 0.1) is 25.2 Å². The molecule has 3 aromatic rings. The summed E-state index contributed by atoms with van der Waals surface area (Å²) in [4.78, 5) is 12.4. The number of carbonyl (C=O) groups excluding carboxylic acids is 1. The monoisotopic (exact) mass is 424 g/mol. The second-order valence-corrected chi connectivity index (χ2v) is 7.17. The van der Waals surface area contributed by atoms with E-state index in [1.807, 2.05) is 26.0 Å². The number of halogens is 1. The van der Waals surface area contributed by atoms with Gasteiger partial charge in [0.2, 0.25) is 5.89 Å². The quantitative estimate of drug-likeness (QED) is 0.305. The Morgan fingerprint density at radius 2 is 2.03 bits per heavy atom. The fourth-order valence-electron chi connectivity index (χ4n) is 3.06. The van der Waals surface area contributed by atoms with E-state index >= 15 is 0 Å². The summed E-state index contributed by atoms with van der Waals surface area (Å²) in [7, 11) is 0. The van der Waals surface area contributed by atoms with E-state index < -0.39 is 5.97 Å². The van der Waals surface area contributed by atoms with E-state index in [4.69, 9.17) is 20.8 Å². The van der Waals surface area contributed by atoms with Gasteiger partial charge in [-0.3, -0.25) is 0 Å². The topological polar surface area (TPSA) is 93.9 Å². The van der Waals surface area contributed by atoms with E-state index in [2.05, 4.69) is 21.7 Å². The van der Waals surface area contributed by atoms with Gasteiger partial charge in [0.05, 0.1) is 0 Å². The van der Waals surface area contributed by atoms with Crippen LogP contribution in [-0.2, 0) is 22.7 Å². The van der Waals surface area contributed by atoms with Crippen molar-refractivity contribution in [1.82, 2.24) is 14.8 Å². The van der Waals surface area contributed by atoms with E-state index in [0.29, 0.717) is 10.6 Å². The predicted molar refractivity (Wildman–Crippen MR) is 112 cm³/mol. The molecule has 0 amide bonds. The van der Waals surface area contributed by atoms with Gasteiger partial charge in [0.25, 0.3) is 5.89 Å². The minimum atomic E-state index is -0.746. The molecule has 8 heteroatoms. The zero-order chi connectivity index (χ0) is 21.7. The molecule has 30 heavy (non-hydrogen) atoms. The zero-order valence-corrected chi connectivity index (χ0v) is 17.7. The summed E-state index contributed by atoms with van der Waals surface area (Å²) in [5.74, 6) is -0.326. The summed E-state index contributed by atoms with van der Waals surface area (Å²) < 4.78 is 12.9. The molecular weight excluding hydrogens is 404 g/mol. The average Bonchev–Trinajstić information content (AvgIpc) is 3.31. The highest BCUT2D eigenvalue weighted by atomic mass is 35.5. The molecule has 2 aromatic heterocycles. The Balaban J connectivity index is 1.69. The molecule has 3 rings (SSSR count). The first-order valence-electron chi connectivity index (χ1n) is 9.47. The Labute approximate surface area is 179 Å². The molecular formula is C22H21ClN4O3. The fourth-order valence-corrected chi connectivity index (χ4v) is 3.19. The zero-order valence-electron chi connectivity index (χ0n) is 17.0. The summed E-state index contributed by atoms with van der Waals surface area (Å²) in [5, 5.41) is 17.8. The summed E-state index contributed by atoms with van der Waals surface area (Å²) in [6.45, 7) is 6.71. The van der Waals surface area contributed by atoms with Crippen LogP contribution in [0.2, 0.25) is 5.02 Å². The minimum absolute atomic E-state index is 0.0933. The molecule has 0 fully saturated rings. The van der Waals surface area contributed by atoms with Crippen molar-refractivity contribution in [1.29, 1.82) is 5.26 Å². The lowest BCUT2D eigenvalue weighted by molar-refractivity contribution is -0.140. The van der Waals surface area contributed by atoms with Crippen molar-refractivity contribution in [2.24, 2.45) is 0 Å². The Morgan fingerprint density at radius 3 is 2.70 bits per heavy atom. The van der Waals surface area contributed by atoms with Gasteiger partial charge in [-0.25, -0.2) is 4.79 Å². The summed E-state index contributed by atoms with van der Waals surface area (Å²) in [6.07, 6.45) is 2.54. The molecule has 7 nitrogen and oxygen atoms in total. The Kier molecular flexibility index (Phi) is 6.70. The van der Waals surface area contributed by atoms with Crippen LogP contribution in [-0.4, -0.2) is 20.7 Å². The Bertz CT molecular complexity index is 1120. The van der Waals surface area contributed by atoms with Crippen LogP contribution < -0.4 is 0 Å². The first-order chi connectivity index (χ1) is 14.4. The van der Waals surface area contributed by atoms with Gasteiger partial charge in [-0.15, -0.1) is 10.2 Å².